The fraction of sp³-hybridized carbons (Fsp3) is 0.0500. The van der Waals surface area contributed by atoms with E-state index in [0.29, 0.717) is 5.56 Å². The molecule has 3 rings (SSSR count). The van der Waals surface area contributed by atoms with Crippen LogP contribution in [-0.4, -0.2) is 16.9 Å². The summed E-state index contributed by atoms with van der Waals surface area (Å²) in [6.45, 7) is 0. The van der Waals surface area contributed by atoms with Gasteiger partial charge in [-0.25, -0.2) is 4.79 Å². The lowest BCUT2D eigenvalue weighted by Gasteiger charge is -2.13. The minimum absolute atomic E-state index is 0.531. The number of hydrogen-bond acceptors (Lipinski definition) is 4. The summed E-state index contributed by atoms with van der Waals surface area (Å²) in [7, 11) is 0. The third-order valence-corrected chi connectivity index (χ3v) is 3.66. The summed E-state index contributed by atoms with van der Waals surface area (Å²) < 4.78 is 5.21. The lowest BCUT2D eigenvalue weighted by Crippen LogP contribution is -2.25. The molecule has 1 aromatic heterocycles. The zero-order valence-corrected chi connectivity index (χ0v) is 13.3. The Bertz CT molecular complexity index is 931. The number of aromatic nitrogens is 1. The molecule has 1 atom stereocenters. The van der Waals surface area contributed by atoms with Crippen LogP contribution in [0.2, 0.25) is 0 Å². The number of amides is 1. The van der Waals surface area contributed by atoms with E-state index in [0.717, 1.165) is 16.5 Å². The van der Waals surface area contributed by atoms with Crippen molar-refractivity contribution < 1.29 is 14.3 Å². The number of pyridine rings is 1. The Labute approximate surface area is 144 Å². The van der Waals surface area contributed by atoms with Gasteiger partial charge in [-0.15, -0.1) is 0 Å². The lowest BCUT2D eigenvalue weighted by molar-refractivity contribution is -0.150. The quantitative estimate of drug-likeness (QED) is 0.575. The van der Waals surface area contributed by atoms with Gasteiger partial charge >= 0.3 is 5.97 Å². The Morgan fingerprint density at radius 3 is 2.52 bits per heavy atom. The Kier molecular flexibility index (Phi) is 4.85. The standard InChI is InChI=1S/C20H16N2O3/c21-20(24)19(16-6-2-1-3-7-16)25-17(23)12-11-15-9-4-8-14-10-5-13-22-18(14)15/h1-13,19H,(H2,21,24)/b12-11-/t19-/m1/s1. The molecule has 0 saturated heterocycles. The minimum atomic E-state index is -1.12. The van der Waals surface area contributed by atoms with Gasteiger partial charge in [0.05, 0.1) is 5.52 Å². The molecule has 124 valence electrons. The second kappa shape index (κ2) is 7.40. The summed E-state index contributed by atoms with van der Waals surface area (Å²) in [6.07, 6.45) is 3.45. The smallest absolute Gasteiger partial charge is 0.331 e. The topological polar surface area (TPSA) is 82.3 Å². The van der Waals surface area contributed by atoms with Gasteiger partial charge in [-0.2, -0.15) is 0 Å². The molecule has 5 heteroatoms. The second-order valence-corrected chi connectivity index (χ2v) is 5.39. The average molecular weight is 332 g/mol. The molecule has 0 saturated carbocycles. The van der Waals surface area contributed by atoms with Crippen molar-refractivity contribution in [1.82, 2.24) is 4.98 Å². The molecule has 0 unspecified atom stereocenters. The molecule has 0 spiro atoms. The fourth-order valence-electron chi connectivity index (χ4n) is 2.49. The Morgan fingerprint density at radius 1 is 1.00 bits per heavy atom. The van der Waals surface area contributed by atoms with Crippen molar-refractivity contribution in [2.45, 2.75) is 6.10 Å². The fourth-order valence-corrected chi connectivity index (χ4v) is 2.49. The molecule has 2 aromatic carbocycles. The number of nitrogens with two attached hydrogens (primary N) is 1. The number of ether oxygens (including phenoxy) is 1. The second-order valence-electron chi connectivity index (χ2n) is 5.39. The number of rotatable bonds is 5. The first kappa shape index (κ1) is 16.4. The highest BCUT2D eigenvalue weighted by molar-refractivity contribution is 5.94. The molecule has 0 bridgehead atoms. The van der Waals surface area contributed by atoms with Gasteiger partial charge in [-0.3, -0.25) is 9.78 Å². The molecular weight excluding hydrogens is 316 g/mol. The van der Waals surface area contributed by atoms with Gasteiger partial charge < -0.3 is 10.5 Å². The first-order chi connectivity index (χ1) is 12.1. The summed E-state index contributed by atoms with van der Waals surface area (Å²) >= 11 is 0. The van der Waals surface area contributed by atoms with Crippen LogP contribution in [0.3, 0.4) is 0 Å². The largest absolute Gasteiger partial charge is 0.444 e. The van der Waals surface area contributed by atoms with Gasteiger partial charge in [0.25, 0.3) is 5.91 Å². The molecule has 25 heavy (non-hydrogen) atoms. The molecule has 0 aliphatic rings. The van der Waals surface area contributed by atoms with E-state index in [1.54, 1.807) is 42.6 Å². The van der Waals surface area contributed by atoms with Gasteiger partial charge in [0.15, 0.2) is 0 Å². The monoisotopic (exact) mass is 332 g/mol. The minimum Gasteiger partial charge on any atom is -0.444 e. The van der Waals surface area contributed by atoms with Crippen LogP contribution in [0, 0.1) is 0 Å². The van der Waals surface area contributed by atoms with Crippen LogP contribution in [0.1, 0.15) is 17.2 Å². The van der Waals surface area contributed by atoms with Crippen LogP contribution >= 0.6 is 0 Å². The zero-order chi connectivity index (χ0) is 17.6. The predicted octanol–water partition coefficient (Wildman–Crippen LogP) is 3.02. The number of nitrogens with zero attached hydrogens (tertiary/aromatic N) is 1. The van der Waals surface area contributed by atoms with Crippen LogP contribution in [0.15, 0.2) is 72.9 Å². The summed E-state index contributed by atoms with van der Waals surface area (Å²) in [5, 5.41) is 0.970. The van der Waals surface area contributed by atoms with Gasteiger partial charge in [0.1, 0.15) is 0 Å². The van der Waals surface area contributed by atoms with E-state index in [2.05, 4.69) is 4.98 Å². The van der Waals surface area contributed by atoms with E-state index < -0.39 is 18.0 Å². The predicted molar refractivity (Wildman–Crippen MR) is 95.2 cm³/mol. The number of para-hydroxylation sites is 1. The van der Waals surface area contributed by atoms with Gasteiger partial charge in [0.2, 0.25) is 6.10 Å². The van der Waals surface area contributed by atoms with Crippen LogP contribution in [0.5, 0.6) is 0 Å². The van der Waals surface area contributed by atoms with Gasteiger partial charge in [-0.1, -0.05) is 54.6 Å². The third kappa shape index (κ3) is 3.90. The molecule has 0 aliphatic heterocycles. The number of esters is 1. The van der Waals surface area contributed by atoms with Crippen molar-refractivity contribution >= 4 is 28.9 Å². The van der Waals surface area contributed by atoms with Crippen molar-refractivity contribution in [3.05, 3.63) is 84.1 Å². The van der Waals surface area contributed by atoms with Crippen molar-refractivity contribution in [2.75, 3.05) is 0 Å². The molecule has 1 amide bonds. The Hall–Kier alpha value is -3.47. The van der Waals surface area contributed by atoms with Gasteiger partial charge in [-0.05, 0) is 12.1 Å². The number of fused-ring (bicyclic) bond motifs is 1. The molecule has 1 heterocycles. The third-order valence-electron chi connectivity index (χ3n) is 3.66. The summed E-state index contributed by atoms with van der Waals surface area (Å²) in [6, 6.07) is 18.1. The molecule has 5 nitrogen and oxygen atoms in total. The maximum atomic E-state index is 12.1. The van der Waals surface area contributed by atoms with E-state index in [4.69, 9.17) is 10.5 Å². The molecular formula is C20H16N2O3. The van der Waals surface area contributed by atoms with Crippen LogP contribution in [0.25, 0.3) is 17.0 Å². The van der Waals surface area contributed by atoms with Crippen LogP contribution < -0.4 is 5.73 Å². The molecule has 0 radical (unpaired) electrons. The van der Waals surface area contributed by atoms with E-state index >= 15 is 0 Å². The highest BCUT2D eigenvalue weighted by Gasteiger charge is 2.21. The molecule has 2 N–H and O–H groups in total. The van der Waals surface area contributed by atoms with Crippen LogP contribution in [0.4, 0.5) is 0 Å². The summed E-state index contributed by atoms with van der Waals surface area (Å²) in [4.78, 5) is 28.0. The number of carbonyl (C=O) groups is 2. The highest BCUT2D eigenvalue weighted by atomic mass is 16.5. The molecule has 0 aliphatic carbocycles. The Morgan fingerprint density at radius 2 is 1.76 bits per heavy atom. The summed E-state index contributed by atoms with van der Waals surface area (Å²) in [5.74, 6) is -1.37. The number of hydrogen-bond donors (Lipinski definition) is 1. The Balaban J connectivity index is 1.79. The highest BCUT2D eigenvalue weighted by Crippen LogP contribution is 2.19. The first-order valence-electron chi connectivity index (χ1n) is 7.72. The number of benzene rings is 2. The average Bonchev–Trinajstić information content (AvgIpc) is 2.65. The summed E-state index contributed by atoms with van der Waals surface area (Å²) in [5.41, 5.74) is 7.44. The maximum absolute atomic E-state index is 12.1. The number of primary amides is 1. The molecule has 0 fully saturated rings. The van der Waals surface area contributed by atoms with E-state index in [1.807, 2.05) is 30.3 Å². The lowest BCUT2D eigenvalue weighted by atomic mass is 10.1. The first-order valence-corrected chi connectivity index (χ1v) is 7.72. The van der Waals surface area contributed by atoms with Crippen molar-refractivity contribution in [1.29, 1.82) is 0 Å². The van der Waals surface area contributed by atoms with Crippen molar-refractivity contribution in [3.8, 4) is 0 Å². The van der Waals surface area contributed by atoms with Crippen molar-refractivity contribution in [3.63, 3.8) is 0 Å². The van der Waals surface area contributed by atoms with E-state index in [9.17, 15) is 9.59 Å². The van der Waals surface area contributed by atoms with E-state index in [-0.39, 0.29) is 0 Å². The van der Waals surface area contributed by atoms with E-state index in [1.165, 1.54) is 6.08 Å². The van der Waals surface area contributed by atoms with Gasteiger partial charge in [0, 0.05) is 28.8 Å². The number of carbonyl (C=O) groups excluding carboxylic acids is 2. The SMILES string of the molecule is NC(=O)[C@H](OC(=O)/C=C\c1cccc2cccnc12)c1ccccc1. The van der Waals surface area contributed by atoms with Crippen molar-refractivity contribution in [2.24, 2.45) is 5.73 Å². The molecule has 3 aromatic rings. The zero-order valence-electron chi connectivity index (χ0n) is 13.3. The maximum Gasteiger partial charge on any atom is 0.331 e. The van der Waals surface area contributed by atoms with Crippen LogP contribution in [-0.2, 0) is 14.3 Å². The normalized spacial score (nSPS) is 12.2.